The molecule has 138 valence electrons. The Kier molecular flexibility index (Phi) is 6.96. The highest BCUT2D eigenvalue weighted by Gasteiger charge is 2.45. The number of carbonyl (C=O) groups excluding carboxylic acids is 2. The molecule has 0 aliphatic carbocycles. The molecule has 0 radical (unpaired) electrons. The second kappa shape index (κ2) is 8.14. The first-order valence-electron chi connectivity index (χ1n) is 6.19. The average molecular weight is 494 g/mol. The van der Waals surface area contributed by atoms with Gasteiger partial charge in [-0.2, -0.15) is 21.6 Å². The van der Waals surface area contributed by atoms with Gasteiger partial charge in [0.2, 0.25) is 6.10 Å². The summed E-state index contributed by atoms with van der Waals surface area (Å²) in [5.41, 5.74) is -0.349. The summed E-state index contributed by atoms with van der Waals surface area (Å²) in [4.78, 5) is 23.0. The van der Waals surface area contributed by atoms with Gasteiger partial charge in [-0.15, -0.1) is 0 Å². The molecule has 7 nitrogen and oxygen atoms in total. The molecule has 1 rings (SSSR count). The lowest BCUT2D eigenvalue weighted by Crippen LogP contribution is -2.39. The van der Waals surface area contributed by atoms with E-state index in [2.05, 4.69) is 11.3 Å². The Morgan fingerprint density at radius 3 is 2.16 bits per heavy atom. The van der Waals surface area contributed by atoms with E-state index in [-0.39, 0.29) is 14.9 Å². The fraction of sp³-hybridized carbons (Fsp3) is 0.231. The van der Waals surface area contributed by atoms with Crippen molar-refractivity contribution >= 4 is 44.6 Å². The molecule has 12 heteroatoms. The smallest absolute Gasteiger partial charge is 0.426 e. The van der Waals surface area contributed by atoms with Gasteiger partial charge in [-0.3, -0.25) is 4.55 Å². The van der Waals surface area contributed by atoms with Crippen LogP contribution in [0.2, 0.25) is 0 Å². The summed E-state index contributed by atoms with van der Waals surface area (Å²) in [6.45, 7) is 3.34. The monoisotopic (exact) mass is 494 g/mol. The van der Waals surface area contributed by atoms with E-state index in [0.29, 0.717) is 0 Å². The first-order valence-corrected chi connectivity index (χ1v) is 8.88. The maximum Gasteiger partial charge on any atom is 0.426 e. The Balaban J connectivity index is 2.88. The van der Waals surface area contributed by atoms with Crippen LogP contribution in [0.3, 0.4) is 0 Å². The van der Waals surface area contributed by atoms with E-state index in [1.54, 1.807) is 22.6 Å². The topological polar surface area (TPSA) is 107 Å². The molecular formula is C13H10F3IO7S. The van der Waals surface area contributed by atoms with E-state index in [4.69, 9.17) is 9.29 Å². The third-order valence-corrected chi connectivity index (χ3v) is 3.66. The van der Waals surface area contributed by atoms with Gasteiger partial charge >= 0.3 is 18.1 Å². The molecule has 0 saturated carbocycles. The van der Waals surface area contributed by atoms with Crippen LogP contribution < -0.4 is 4.74 Å². The van der Waals surface area contributed by atoms with E-state index in [9.17, 15) is 31.2 Å². The van der Waals surface area contributed by atoms with Crippen molar-refractivity contribution in [3.05, 3.63) is 40.0 Å². The minimum Gasteiger partial charge on any atom is -0.448 e. The Bertz CT molecular complexity index is 772. The summed E-state index contributed by atoms with van der Waals surface area (Å²) < 4.78 is 76.8. The number of alkyl halides is 3. The molecule has 1 unspecified atom stereocenters. The van der Waals surface area contributed by atoms with Crippen LogP contribution in [0.4, 0.5) is 13.2 Å². The second-order valence-corrected chi connectivity index (χ2v) is 7.30. The molecule has 1 aromatic carbocycles. The maximum absolute atomic E-state index is 12.7. The fourth-order valence-electron chi connectivity index (χ4n) is 1.41. The van der Waals surface area contributed by atoms with Crippen molar-refractivity contribution in [1.82, 2.24) is 0 Å². The number of ether oxygens (including phenoxy) is 2. The Morgan fingerprint density at radius 1 is 1.24 bits per heavy atom. The highest BCUT2D eigenvalue weighted by molar-refractivity contribution is 14.1. The summed E-state index contributed by atoms with van der Waals surface area (Å²) in [7, 11) is -5.03. The van der Waals surface area contributed by atoms with Gasteiger partial charge in [-0.1, -0.05) is 6.58 Å². The number of benzene rings is 1. The van der Waals surface area contributed by atoms with Gasteiger partial charge in [0.05, 0.1) is 9.14 Å². The van der Waals surface area contributed by atoms with Crippen LogP contribution in [0.1, 0.15) is 10.4 Å². The number of esters is 2. The van der Waals surface area contributed by atoms with Crippen molar-refractivity contribution in [2.24, 2.45) is 0 Å². The van der Waals surface area contributed by atoms with E-state index < -0.39 is 40.1 Å². The summed E-state index contributed by atoms with van der Waals surface area (Å²) in [6, 6.07) is 4.28. The first kappa shape index (κ1) is 21.4. The zero-order valence-electron chi connectivity index (χ0n) is 12.1. The molecule has 0 heterocycles. The van der Waals surface area contributed by atoms with Crippen molar-refractivity contribution in [3.8, 4) is 5.75 Å². The third-order valence-electron chi connectivity index (χ3n) is 2.50. The van der Waals surface area contributed by atoms with Crippen LogP contribution >= 0.6 is 22.6 Å². The van der Waals surface area contributed by atoms with Gasteiger partial charge in [-0.25, -0.2) is 9.59 Å². The molecule has 0 fully saturated rings. The molecule has 0 aliphatic rings. The minimum atomic E-state index is -5.19. The lowest BCUT2D eigenvalue weighted by molar-refractivity contribution is -0.197. The lowest BCUT2D eigenvalue weighted by Gasteiger charge is -2.19. The maximum atomic E-state index is 12.7. The molecule has 0 saturated heterocycles. The van der Waals surface area contributed by atoms with Crippen LogP contribution in [0, 0.1) is 0 Å². The largest absolute Gasteiger partial charge is 0.448 e. The molecular weight excluding hydrogens is 484 g/mol. The zero-order chi connectivity index (χ0) is 19.4. The molecule has 0 aliphatic heterocycles. The van der Waals surface area contributed by atoms with Crippen LogP contribution in [-0.2, 0) is 19.6 Å². The standard InChI is InChI=1S/C13H10F3IO7S/c1-7(17)11(18)23-9-4-2-8(3-5-9)12(19)24-10(13(14,15)16)6-25(20,21)22/h2-5,10H,1,6H2,(H,20,21,22). The Morgan fingerprint density at radius 2 is 1.76 bits per heavy atom. The minimum absolute atomic E-state index is 0.00433. The van der Waals surface area contributed by atoms with Gasteiger partial charge < -0.3 is 9.47 Å². The number of hydrogen-bond donors (Lipinski definition) is 1. The van der Waals surface area contributed by atoms with Crippen molar-refractivity contribution in [2.45, 2.75) is 12.3 Å². The molecule has 1 atom stereocenters. The van der Waals surface area contributed by atoms with Gasteiger partial charge in [-0.05, 0) is 46.9 Å². The third kappa shape index (κ3) is 7.39. The van der Waals surface area contributed by atoms with Crippen molar-refractivity contribution < 1.29 is 45.2 Å². The average Bonchev–Trinajstić information content (AvgIpc) is 2.44. The lowest BCUT2D eigenvalue weighted by atomic mass is 10.2. The van der Waals surface area contributed by atoms with E-state index in [0.717, 1.165) is 24.3 Å². The Hall–Kier alpha value is -1.67. The molecule has 1 aromatic rings. The quantitative estimate of drug-likeness (QED) is 0.213. The number of rotatable bonds is 6. The Labute approximate surface area is 153 Å². The van der Waals surface area contributed by atoms with Gasteiger partial charge in [0.15, 0.2) is 0 Å². The van der Waals surface area contributed by atoms with E-state index in [1.165, 1.54) is 0 Å². The summed E-state index contributed by atoms with van der Waals surface area (Å²) in [6.07, 6.45) is -8.23. The van der Waals surface area contributed by atoms with E-state index >= 15 is 0 Å². The van der Waals surface area contributed by atoms with Crippen LogP contribution in [0.5, 0.6) is 5.75 Å². The summed E-state index contributed by atoms with van der Waals surface area (Å²) >= 11 is 1.62. The van der Waals surface area contributed by atoms with Crippen molar-refractivity contribution in [3.63, 3.8) is 0 Å². The van der Waals surface area contributed by atoms with Crippen molar-refractivity contribution in [2.75, 3.05) is 5.75 Å². The van der Waals surface area contributed by atoms with Gasteiger partial charge in [0, 0.05) is 0 Å². The van der Waals surface area contributed by atoms with Gasteiger partial charge in [0.25, 0.3) is 10.1 Å². The normalized spacial score (nSPS) is 13.0. The number of halogens is 4. The molecule has 0 bridgehead atoms. The number of carbonyl (C=O) groups is 2. The fourth-order valence-corrected chi connectivity index (χ4v) is 2.16. The van der Waals surface area contributed by atoms with Crippen LogP contribution in [0.25, 0.3) is 0 Å². The highest BCUT2D eigenvalue weighted by Crippen LogP contribution is 2.25. The highest BCUT2D eigenvalue weighted by atomic mass is 127. The SMILES string of the molecule is C=C(I)C(=O)Oc1ccc(C(=O)OC(CS(=O)(=O)O)C(F)(F)F)cc1. The second-order valence-electron chi connectivity index (χ2n) is 4.50. The van der Waals surface area contributed by atoms with E-state index in [1.807, 2.05) is 0 Å². The molecule has 0 spiro atoms. The molecule has 25 heavy (non-hydrogen) atoms. The molecule has 0 aromatic heterocycles. The molecule has 1 N–H and O–H groups in total. The van der Waals surface area contributed by atoms with Crippen LogP contribution in [0.15, 0.2) is 34.4 Å². The predicted molar refractivity (Wildman–Crippen MR) is 86.9 cm³/mol. The summed E-state index contributed by atoms with van der Waals surface area (Å²) in [5, 5.41) is 0. The number of hydrogen-bond acceptors (Lipinski definition) is 6. The summed E-state index contributed by atoms with van der Waals surface area (Å²) in [5.74, 6) is -4.04. The van der Waals surface area contributed by atoms with Gasteiger partial charge in [0.1, 0.15) is 11.5 Å². The van der Waals surface area contributed by atoms with Crippen molar-refractivity contribution in [1.29, 1.82) is 0 Å². The molecule has 0 amide bonds. The zero-order valence-corrected chi connectivity index (χ0v) is 15.1. The predicted octanol–water partition coefficient (Wildman–Crippen LogP) is 2.52. The van der Waals surface area contributed by atoms with Crippen LogP contribution in [-0.4, -0.2) is 42.9 Å². The first-order chi connectivity index (χ1) is 11.3.